The van der Waals surface area contributed by atoms with E-state index in [9.17, 15) is 14.4 Å². The molecule has 6 nitrogen and oxygen atoms in total. The van der Waals surface area contributed by atoms with Gasteiger partial charge in [0.15, 0.2) is 6.10 Å². The van der Waals surface area contributed by atoms with Gasteiger partial charge in [-0.15, -0.1) is 0 Å². The summed E-state index contributed by atoms with van der Waals surface area (Å²) in [6, 6.07) is 0. The van der Waals surface area contributed by atoms with E-state index in [0.29, 0.717) is 19.3 Å². The predicted molar refractivity (Wildman–Crippen MR) is 316 cm³/mol. The molecule has 0 radical (unpaired) electrons. The largest absolute Gasteiger partial charge is 0.462 e. The molecule has 0 heterocycles. The molecule has 1 unspecified atom stereocenters. The molecule has 0 aliphatic carbocycles. The fraction of sp³-hybridized carbons (Fsp3) is 0.866. The van der Waals surface area contributed by atoms with Crippen LogP contribution < -0.4 is 0 Å². The molecule has 0 aromatic carbocycles. The summed E-state index contributed by atoms with van der Waals surface area (Å²) in [5.41, 5.74) is 0. The SMILES string of the molecule is CCC/C=C\CCCCCCCC(=O)OCC(COC(=O)CCCCCCCCCCCCCCCCCCCCCCCCCCCC)OC(=O)CCCCCCCCCCC/C=C\C/C=C\CCCCC. The summed E-state index contributed by atoms with van der Waals surface area (Å²) in [5.74, 6) is -0.867. The van der Waals surface area contributed by atoms with Crippen LogP contribution in [0.15, 0.2) is 36.5 Å². The van der Waals surface area contributed by atoms with Crippen molar-refractivity contribution in [2.75, 3.05) is 13.2 Å². The number of carbonyl (C=O) groups is 3. The average molecular weight is 1030 g/mol. The second-order valence-corrected chi connectivity index (χ2v) is 22.0. The molecule has 0 aromatic heterocycles. The second kappa shape index (κ2) is 62.2. The van der Waals surface area contributed by atoms with Crippen molar-refractivity contribution in [1.82, 2.24) is 0 Å². The van der Waals surface area contributed by atoms with Crippen LogP contribution >= 0.6 is 0 Å². The first-order valence-corrected chi connectivity index (χ1v) is 32.5. The summed E-state index contributed by atoms with van der Waals surface area (Å²) in [6.07, 6.45) is 76.0. The van der Waals surface area contributed by atoms with E-state index in [4.69, 9.17) is 14.2 Å². The molecule has 0 spiro atoms. The normalized spacial score (nSPS) is 12.2. The molecule has 1 atom stereocenters. The van der Waals surface area contributed by atoms with E-state index in [1.165, 1.54) is 238 Å². The number of rotatable bonds is 60. The topological polar surface area (TPSA) is 78.9 Å². The van der Waals surface area contributed by atoms with Crippen molar-refractivity contribution < 1.29 is 28.6 Å². The Morgan fingerprint density at radius 1 is 0.274 bits per heavy atom. The fourth-order valence-corrected chi connectivity index (χ4v) is 9.71. The van der Waals surface area contributed by atoms with Gasteiger partial charge in [-0.3, -0.25) is 14.4 Å². The number of carbonyl (C=O) groups excluding carboxylic acids is 3. The van der Waals surface area contributed by atoms with E-state index in [-0.39, 0.29) is 31.1 Å². The van der Waals surface area contributed by atoms with Crippen LogP contribution in [0.1, 0.15) is 355 Å². The Labute approximate surface area is 455 Å². The van der Waals surface area contributed by atoms with Crippen molar-refractivity contribution in [3.8, 4) is 0 Å². The maximum atomic E-state index is 12.9. The monoisotopic (exact) mass is 1020 g/mol. The summed E-state index contributed by atoms with van der Waals surface area (Å²) in [7, 11) is 0. The molecular weight excluding hydrogens is 901 g/mol. The molecule has 0 saturated heterocycles. The number of hydrogen-bond donors (Lipinski definition) is 0. The maximum absolute atomic E-state index is 12.9. The number of hydrogen-bond acceptors (Lipinski definition) is 6. The molecule has 73 heavy (non-hydrogen) atoms. The van der Waals surface area contributed by atoms with Crippen LogP contribution in [0.3, 0.4) is 0 Å². The Morgan fingerprint density at radius 2 is 0.521 bits per heavy atom. The van der Waals surface area contributed by atoms with Crippen LogP contribution in [0.2, 0.25) is 0 Å². The number of unbranched alkanes of at least 4 members (excludes halogenated alkanes) is 43. The fourth-order valence-electron chi connectivity index (χ4n) is 9.71. The lowest BCUT2D eigenvalue weighted by atomic mass is 10.0. The van der Waals surface area contributed by atoms with Crippen LogP contribution in [0.25, 0.3) is 0 Å². The Kier molecular flexibility index (Phi) is 60.2. The summed E-state index contributed by atoms with van der Waals surface area (Å²) in [6.45, 7) is 6.60. The van der Waals surface area contributed by atoms with Crippen molar-refractivity contribution in [3.63, 3.8) is 0 Å². The minimum absolute atomic E-state index is 0.0726. The molecule has 0 aliphatic heterocycles. The van der Waals surface area contributed by atoms with E-state index < -0.39 is 6.10 Å². The zero-order chi connectivity index (χ0) is 52.9. The van der Waals surface area contributed by atoms with Gasteiger partial charge >= 0.3 is 17.9 Å². The highest BCUT2D eigenvalue weighted by Crippen LogP contribution is 2.18. The third-order valence-electron chi connectivity index (χ3n) is 14.6. The van der Waals surface area contributed by atoms with Crippen molar-refractivity contribution in [2.45, 2.75) is 361 Å². The van der Waals surface area contributed by atoms with Crippen LogP contribution in [0, 0.1) is 0 Å². The zero-order valence-electron chi connectivity index (χ0n) is 49.2. The molecule has 0 bridgehead atoms. The van der Waals surface area contributed by atoms with Crippen molar-refractivity contribution >= 4 is 17.9 Å². The second-order valence-electron chi connectivity index (χ2n) is 22.0. The van der Waals surface area contributed by atoms with E-state index in [2.05, 4.69) is 57.2 Å². The van der Waals surface area contributed by atoms with Gasteiger partial charge in [0.05, 0.1) is 0 Å². The third-order valence-corrected chi connectivity index (χ3v) is 14.6. The summed E-state index contributed by atoms with van der Waals surface area (Å²) in [5, 5.41) is 0. The van der Waals surface area contributed by atoms with Gasteiger partial charge in [-0.1, -0.05) is 301 Å². The lowest BCUT2D eigenvalue weighted by molar-refractivity contribution is -0.167. The lowest BCUT2D eigenvalue weighted by Gasteiger charge is -2.18. The van der Waals surface area contributed by atoms with Crippen molar-refractivity contribution in [2.24, 2.45) is 0 Å². The van der Waals surface area contributed by atoms with Crippen LogP contribution in [-0.4, -0.2) is 37.2 Å². The lowest BCUT2D eigenvalue weighted by Crippen LogP contribution is -2.30. The van der Waals surface area contributed by atoms with Gasteiger partial charge in [-0.05, 0) is 70.6 Å². The van der Waals surface area contributed by atoms with Crippen molar-refractivity contribution in [1.29, 1.82) is 0 Å². The van der Waals surface area contributed by atoms with E-state index >= 15 is 0 Å². The first kappa shape index (κ1) is 70.6. The van der Waals surface area contributed by atoms with Gasteiger partial charge in [0.2, 0.25) is 0 Å². The molecule has 0 fully saturated rings. The maximum Gasteiger partial charge on any atom is 0.306 e. The van der Waals surface area contributed by atoms with Crippen LogP contribution in [0.5, 0.6) is 0 Å². The summed E-state index contributed by atoms with van der Waals surface area (Å²) >= 11 is 0. The highest BCUT2D eigenvalue weighted by Gasteiger charge is 2.19. The third kappa shape index (κ3) is 60.4. The Morgan fingerprint density at radius 3 is 0.849 bits per heavy atom. The minimum atomic E-state index is -0.775. The van der Waals surface area contributed by atoms with Gasteiger partial charge in [0.25, 0.3) is 0 Å². The molecule has 0 rings (SSSR count). The first-order valence-electron chi connectivity index (χ1n) is 32.5. The smallest absolute Gasteiger partial charge is 0.306 e. The number of ether oxygens (including phenoxy) is 3. The van der Waals surface area contributed by atoms with Crippen molar-refractivity contribution in [3.05, 3.63) is 36.5 Å². The quantitative estimate of drug-likeness (QED) is 0.0261. The van der Waals surface area contributed by atoms with Gasteiger partial charge in [-0.25, -0.2) is 0 Å². The van der Waals surface area contributed by atoms with E-state index in [1.54, 1.807) is 0 Å². The van der Waals surface area contributed by atoms with Gasteiger partial charge in [0.1, 0.15) is 13.2 Å². The van der Waals surface area contributed by atoms with E-state index in [0.717, 1.165) is 77.0 Å². The molecule has 428 valence electrons. The average Bonchev–Trinajstić information content (AvgIpc) is 3.39. The Hall–Kier alpha value is -2.37. The molecule has 0 aromatic rings. The van der Waals surface area contributed by atoms with E-state index in [1.807, 2.05) is 0 Å². The zero-order valence-corrected chi connectivity index (χ0v) is 49.2. The Balaban J connectivity index is 4.16. The van der Waals surface area contributed by atoms with Crippen LogP contribution in [-0.2, 0) is 28.6 Å². The van der Waals surface area contributed by atoms with Crippen LogP contribution in [0.4, 0.5) is 0 Å². The van der Waals surface area contributed by atoms with Gasteiger partial charge in [-0.2, -0.15) is 0 Å². The number of esters is 3. The highest BCUT2D eigenvalue weighted by molar-refractivity contribution is 5.71. The minimum Gasteiger partial charge on any atom is -0.462 e. The summed E-state index contributed by atoms with van der Waals surface area (Å²) in [4.78, 5) is 38.2. The molecule has 0 N–H and O–H groups in total. The number of allylic oxidation sites excluding steroid dienone is 6. The molecule has 0 aliphatic rings. The molecule has 0 amide bonds. The molecular formula is C67H124O6. The first-order chi connectivity index (χ1) is 36.0. The Bertz CT molecular complexity index is 1220. The standard InChI is InChI=1S/C67H124O6/c1-4-7-10-13-16-19-22-24-26-28-30-31-32-33-34-35-36-38-39-41-43-45-48-51-54-57-60-66(69)72-63-64(62-71-65(68)59-56-53-50-47-21-18-15-12-9-6-3)73-67(70)61-58-55-52-49-46-44-42-40-37-29-27-25-23-20-17-14-11-8-5-2/h12,15,17,20,25,27,64H,4-11,13-14,16,18-19,21-24,26,28-63H2,1-3H3/b15-12-,20-17-,27-25-. The molecule has 6 heteroatoms. The van der Waals surface area contributed by atoms with Gasteiger partial charge < -0.3 is 14.2 Å². The molecule has 0 saturated carbocycles. The highest BCUT2D eigenvalue weighted by atomic mass is 16.6. The predicted octanol–water partition coefficient (Wildman–Crippen LogP) is 22.0. The van der Waals surface area contributed by atoms with Gasteiger partial charge in [0, 0.05) is 19.3 Å². The summed E-state index contributed by atoms with van der Waals surface area (Å²) < 4.78 is 16.9.